The molecule has 1 aliphatic rings. The Bertz CT molecular complexity index is 556. The molecule has 0 spiro atoms. The number of halogens is 1. The number of carbonyl (C=O) groups is 3. The molecule has 7 heteroatoms. The number of carboxylic acid groups (broad SMARTS) is 1. The summed E-state index contributed by atoms with van der Waals surface area (Å²) in [5.74, 6) is -1.33. The van der Waals surface area contributed by atoms with Gasteiger partial charge in [-0.1, -0.05) is 15.9 Å². The van der Waals surface area contributed by atoms with Gasteiger partial charge in [0, 0.05) is 17.3 Å². The van der Waals surface area contributed by atoms with Crippen molar-refractivity contribution in [3.05, 3.63) is 28.2 Å². The molecule has 1 heterocycles. The number of hydrogen-bond acceptors (Lipinski definition) is 4. The molecule has 2 rings (SSSR count). The molecule has 106 valence electrons. The standard InChI is InChI=1S/C13H12BrNO5/c14-8-1-2-9(13(18)19)10(7-8)20-6-5-15-11(16)3-4-12(15)17/h1-2,7H,3-6H2,(H,18,19). The molecule has 1 aromatic rings. The van der Waals surface area contributed by atoms with E-state index < -0.39 is 5.97 Å². The lowest BCUT2D eigenvalue weighted by Crippen LogP contribution is -2.33. The first kappa shape index (κ1) is 14.5. The van der Waals surface area contributed by atoms with Crippen molar-refractivity contribution < 1.29 is 24.2 Å². The smallest absolute Gasteiger partial charge is 0.339 e. The first-order chi connectivity index (χ1) is 9.49. The lowest BCUT2D eigenvalue weighted by Gasteiger charge is -2.15. The number of amides is 2. The van der Waals surface area contributed by atoms with Gasteiger partial charge in [-0.05, 0) is 18.2 Å². The molecule has 0 aliphatic carbocycles. The molecule has 1 aromatic carbocycles. The summed E-state index contributed by atoms with van der Waals surface area (Å²) in [6.45, 7) is 0.192. The van der Waals surface area contributed by atoms with E-state index in [0.29, 0.717) is 4.47 Å². The van der Waals surface area contributed by atoms with Gasteiger partial charge in [-0.25, -0.2) is 4.79 Å². The second kappa shape index (κ2) is 6.04. The van der Waals surface area contributed by atoms with Crippen molar-refractivity contribution in [2.45, 2.75) is 12.8 Å². The van der Waals surface area contributed by atoms with E-state index in [-0.39, 0.29) is 49.1 Å². The van der Waals surface area contributed by atoms with Crippen LogP contribution in [0.2, 0.25) is 0 Å². The van der Waals surface area contributed by atoms with E-state index in [0.717, 1.165) is 4.90 Å². The number of nitrogens with zero attached hydrogens (tertiary/aromatic N) is 1. The predicted molar refractivity (Wildman–Crippen MR) is 72.6 cm³/mol. The van der Waals surface area contributed by atoms with Gasteiger partial charge in [-0.2, -0.15) is 0 Å². The third-order valence-corrected chi connectivity index (χ3v) is 3.39. The number of benzene rings is 1. The molecule has 0 aromatic heterocycles. The molecule has 0 radical (unpaired) electrons. The third kappa shape index (κ3) is 3.16. The zero-order valence-corrected chi connectivity index (χ0v) is 12.1. The zero-order valence-electron chi connectivity index (χ0n) is 10.5. The Labute approximate surface area is 123 Å². The zero-order chi connectivity index (χ0) is 14.7. The SMILES string of the molecule is O=C(O)c1ccc(Br)cc1OCCN1C(=O)CCC1=O. The Morgan fingerprint density at radius 1 is 1.30 bits per heavy atom. The highest BCUT2D eigenvalue weighted by atomic mass is 79.9. The minimum atomic E-state index is -1.10. The molecular weight excluding hydrogens is 330 g/mol. The van der Waals surface area contributed by atoms with Gasteiger partial charge in [0.15, 0.2) is 0 Å². The van der Waals surface area contributed by atoms with Gasteiger partial charge >= 0.3 is 5.97 Å². The average molecular weight is 342 g/mol. The minimum Gasteiger partial charge on any atom is -0.491 e. The molecule has 6 nitrogen and oxygen atoms in total. The van der Waals surface area contributed by atoms with E-state index in [9.17, 15) is 14.4 Å². The lowest BCUT2D eigenvalue weighted by atomic mass is 10.2. The van der Waals surface area contributed by atoms with Crippen LogP contribution in [0.5, 0.6) is 5.75 Å². The van der Waals surface area contributed by atoms with Crippen molar-refractivity contribution in [3.63, 3.8) is 0 Å². The Balaban J connectivity index is 2.00. The van der Waals surface area contributed by atoms with Crippen LogP contribution in [-0.2, 0) is 9.59 Å². The number of likely N-dealkylation sites (tertiary alicyclic amines) is 1. The Kier molecular flexibility index (Phi) is 4.39. The van der Waals surface area contributed by atoms with Crippen LogP contribution >= 0.6 is 15.9 Å². The van der Waals surface area contributed by atoms with Gasteiger partial charge in [0.1, 0.15) is 17.9 Å². The summed E-state index contributed by atoms with van der Waals surface area (Å²) in [4.78, 5) is 35.0. The molecule has 0 bridgehead atoms. The van der Waals surface area contributed by atoms with Crippen LogP contribution in [0.25, 0.3) is 0 Å². The van der Waals surface area contributed by atoms with Crippen molar-refractivity contribution >= 4 is 33.7 Å². The van der Waals surface area contributed by atoms with Gasteiger partial charge in [-0.15, -0.1) is 0 Å². The minimum absolute atomic E-state index is 0.0345. The second-order valence-corrected chi connectivity index (χ2v) is 5.15. The van der Waals surface area contributed by atoms with Crippen LogP contribution < -0.4 is 4.74 Å². The molecule has 0 saturated carbocycles. The molecule has 1 N–H and O–H groups in total. The number of ether oxygens (including phenoxy) is 1. The van der Waals surface area contributed by atoms with E-state index in [2.05, 4.69) is 15.9 Å². The second-order valence-electron chi connectivity index (χ2n) is 4.23. The summed E-state index contributed by atoms with van der Waals surface area (Å²) in [6.07, 6.45) is 0.464. The predicted octanol–water partition coefficient (Wildman–Crippen LogP) is 1.68. The highest BCUT2D eigenvalue weighted by Gasteiger charge is 2.28. The van der Waals surface area contributed by atoms with Crippen LogP contribution in [0.4, 0.5) is 0 Å². The number of carboxylic acids is 1. The van der Waals surface area contributed by atoms with Gasteiger partial charge in [0.25, 0.3) is 0 Å². The van der Waals surface area contributed by atoms with Crippen molar-refractivity contribution in [2.24, 2.45) is 0 Å². The number of hydrogen-bond donors (Lipinski definition) is 1. The molecule has 1 saturated heterocycles. The van der Waals surface area contributed by atoms with Crippen LogP contribution in [0.1, 0.15) is 23.2 Å². The molecule has 1 aliphatic heterocycles. The van der Waals surface area contributed by atoms with Gasteiger partial charge in [0.05, 0.1) is 6.54 Å². The Hall–Kier alpha value is -1.89. The molecular formula is C13H12BrNO5. The van der Waals surface area contributed by atoms with Crippen molar-refractivity contribution in [1.29, 1.82) is 0 Å². The first-order valence-corrected chi connectivity index (χ1v) is 6.77. The van der Waals surface area contributed by atoms with Crippen LogP contribution in [0.15, 0.2) is 22.7 Å². The number of imide groups is 1. The Morgan fingerprint density at radius 3 is 2.55 bits per heavy atom. The largest absolute Gasteiger partial charge is 0.491 e. The summed E-state index contributed by atoms with van der Waals surface area (Å²) in [6, 6.07) is 4.56. The maximum Gasteiger partial charge on any atom is 0.339 e. The highest BCUT2D eigenvalue weighted by Crippen LogP contribution is 2.24. The first-order valence-electron chi connectivity index (χ1n) is 5.98. The van der Waals surface area contributed by atoms with Gasteiger partial charge < -0.3 is 9.84 Å². The summed E-state index contributed by atoms with van der Waals surface area (Å²) >= 11 is 3.23. The molecule has 2 amide bonds. The quantitative estimate of drug-likeness (QED) is 0.823. The van der Waals surface area contributed by atoms with Crippen molar-refractivity contribution in [2.75, 3.05) is 13.2 Å². The fourth-order valence-corrected chi connectivity index (χ4v) is 2.25. The van der Waals surface area contributed by atoms with Crippen LogP contribution in [0.3, 0.4) is 0 Å². The summed E-state index contributed by atoms with van der Waals surface area (Å²) < 4.78 is 6.07. The van der Waals surface area contributed by atoms with E-state index >= 15 is 0 Å². The highest BCUT2D eigenvalue weighted by molar-refractivity contribution is 9.10. The fourth-order valence-electron chi connectivity index (χ4n) is 1.91. The summed E-state index contributed by atoms with van der Waals surface area (Å²) in [5, 5.41) is 9.04. The van der Waals surface area contributed by atoms with E-state index in [4.69, 9.17) is 9.84 Å². The number of rotatable bonds is 5. The maximum atomic E-state index is 11.4. The fraction of sp³-hybridized carbons (Fsp3) is 0.308. The lowest BCUT2D eigenvalue weighted by molar-refractivity contribution is -0.138. The summed E-state index contributed by atoms with van der Waals surface area (Å²) in [5.41, 5.74) is 0.0345. The summed E-state index contributed by atoms with van der Waals surface area (Å²) in [7, 11) is 0. The van der Waals surface area contributed by atoms with E-state index in [1.54, 1.807) is 6.07 Å². The van der Waals surface area contributed by atoms with Gasteiger partial charge in [0.2, 0.25) is 11.8 Å². The van der Waals surface area contributed by atoms with Crippen molar-refractivity contribution in [1.82, 2.24) is 4.90 Å². The average Bonchev–Trinajstić information content (AvgIpc) is 2.70. The normalized spacial score (nSPS) is 14.8. The molecule has 0 atom stereocenters. The van der Waals surface area contributed by atoms with Crippen LogP contribution in [0, 0.1) is 0 Å². The monoisotopic (exact) mass is 341 g/mol. The van der Waals surface area contributed by atoms with Crippen LogP contribution in [-0.4, -0.2) is 40.9 Å². The maximum absolute atomic E-state index is 11.4. The van der Waals surface area contributed by atoms with Gasteiger partial charge in [-0.3, -0.25) is 14.5 Å². The van der Waals surface area contributed by atoms with E-state index in [1.807, 2.05) is 0 Å². The Morgan fingerprint density at radius 2 is 1.95 bits per heavy atom. The molecule has 20 heavy (non-hydrogen) atoms. The third-order valence-electron chi connectivity index (χ3n) is 2.90. The number of aromatic carboxylic acids is 1. The number of carbonyl (C=O) groups excluding carboxylic acids is 2. The molecule has 0 unspecified atom stereocenters. The van der Waals surface area contributed by atoms with E-state index in [1.165, 1.54) is 12.1 Å². The van der Waals surface area contributed by atoms with Crippen molar-refractivity contribution in [3.8, 4) is 5.75 Å². The molecule has 1 fully saturated rings. The topological polar surface area (TPSA) is 83.9 Å².